The summed E-state index contributed by atoms with van der Waals surface area (Å²) in [4.78, 5) is 76.7. The van der Waals surface area contributed by atoms with Crippen molar-refractivity contribution in [2.24, 2.45) is 5.73 Å². The van der Waals surface area contributed by atoms with Crippen LogP contribution < -0.4 is 38.3 Å². The highest BCUT2D eigenvalue weighted by Crippen LogP contribution is 2.23. The zero-order valence-corrected chi connectivity index (χ0v) is 22.6. The number of anilines is 3. The number of nitrogens with two attached hydrogens (primary N) is 2. The van der Waals surface area contributed by atoms with Crippen molar-refractivity contribution < 1.29 is 33.8 Å². The molecule has 5 aromatic rings. The van der Waals surface area contributed by atoms with Crippen molar-refractivity contribution >= 4 is 46.4 Å². The Labute approximate surface area is 249 Å². The number of primary amides is 1. The molecule has 3 amide bonds. The van der Waals surface area contributed by atoms with Crippen LogP contribution >= 0.6 is 0 Å². The first-order valence-electron chi connectivity index (χ1n) is 12.7. The van der Waals surface area contributed by atoms with Gasteiger partial charge in [0.2, 0.25) is 11.6 Å². The van der Waals surface area contributed by atoms with Crippen LogP contribution in [0.4, 0.5) is 21.5 Å². The molecule has 2 aromatic heterocycles. The van der Waals surface area contributed by atoms with Crippen LogP contribution in [-0.4, -0.2) is 53.7 Å². The minimum atomic E-state index is -1.43. The number of carboxylic acids is 1. The van der Waals surface area contributed by atoms with E-state index in [0.29, 0.717) is 5.56 Å². The molecule has 9 N–H and O–H groups in total. The van der Waals surface area contributed by atoms with Crippen molar-refractivity contribution in [1.29, 1.82) is 0 Å². The lowest BCUT2D eigenvalue weighted by Gasteiger charge is -2.16. The lowest BCUT2D eigenvalue weighted by Crippen LogP contribution is -2.38. The van der Waals surface area contributed by atoms with Gasteiger partial charge in [0.1, 0.15) is 34.6 Å². The van der Waals surface area contributed by atoms with Gasteiger partial charge in [-0.05, 0) is 35.4 Å². The summed E-state index contributed by atoms with van der Waals surface area (Å²) >= 11 is 0. The number of hydrogen-bond donors (Lipinski definition) is 7. The van der Waals surface area contributed by atoms with Crippen molar-refractivity contribution in [3.05, 3.63) is 103 Å². The Bertz CT molecular complexity index is 2100. The van der Waals surface area contributed by atoms with Crippen molar-refractivity contribution in [3.63, 3.8) is 0 Å². The zero-order chi connectivity index (χ0) is 32.6. The fourth-order valence-electron chi connectivity index (χ4n) is 4.20. The third-order valence-electron chi connectivity index (χ3n) is 6.56. The van der Waals surface area contributed by atoms with Gasteiger partial charge in [-0.1, -0.05) is 28.5 Å². The molecule has 5 rings (SSSR count). The molecule has 228 valence electrons. The molecule has 0 saturated heterocycles. The Balaban J connectivity index is 1.37. The Morgan fingerprint density at radius 2 is 1.71 bits per heavy atom. The Hall–Kier alpha value is -6.72. The summed E-state index contributed by atoms with van der Waals surface area (Å²) in [5.74, 6) is -5.53. The number of nitrogen functional groups attached to an aromatic ring is 1. The number of aromatic carboxylic acids is 1. The molecule has 0 bridgehead atoms. The van der Waals surface area contributed by atoms with Gasteiger partial charge in [0.15, 0.2) is 0 Å². The quantitative estimate of drug-likeness (QED) is 0.0973. The van der Waals surface area contributed by atoms with Gasteiger partial charge >= 0.3 is 5.97 Å². The molecule has 45 heavy (non-hydrogen) atoms. The summed E-state index contributed by atoms with van der Waals surface area (Å²) in [5.41, 5.74) is 7.66. The maximum Gasteiger partial charge on any atom is 0.335 e. The van der Waals surface area contributed by atoms with Gasteiger partial charge in [-0.15, -0.1) is 0 Å². The second-order valence-corrected chi connectivity index (χ2v) is 9.48. The molecule has 0 spiro atoms. The maximum atomic E-state index is 14.3. The largest absolute Gasteiger partial charge is 0.489 e. The summed E-state index contributed by atoms with van der Waals surface area (Å²) in [5, 5.41) is 33.7. The summed E-state index contributed by atoms with van der Waals surface area (Å²) in [7, 11) is 0. The van der Waals surface area contributed by atoms with E-state index in [0.717, 1.165) is 16.6 Å². The van der Waals surface area contributed by atoms with Crippen molar-refractivity contribution in [2.75, 3.05) is 11.1 Å². The third kappa shape index (κ3) is 5.69. The van der Waals surface area contributed by atoms with E-state index < -0.39 is 52.3 Å². The van der Waals surface area contributed by atoms with E-state index in [2.05, 4.69) is 31.2 Å². The van der Waals surface area contributed by atoms with E-state index in [1.807, 2.05) is 0 Å². The molecule has 2 heterocycles. The second kappa shape index (κ2) is 11.5. The van der Waals surface area contributed by atoms with Crippen molar-refractivity contribution in [2.45, 2.75) is 12.6 Å². The third-order valence-corrected chi connectivity index (χ3v) is 6.56. The summed E-state index contributed by atoms with van der Waals surface area (Å²) in [6.45, 7) is -0.205. The van der Waals surface area contributed by atoms with Gasteiger partial charge in [0.05, 0.1) is 11.3 Å². The summed E-state index contributed by atoms with van der Waals surface area (Å²) in [6, 6.07) is 8.22. The second-order valence-electron chi connectivity index (χ2n) is 9.48. The highest BCUT2D eigenvalue weighted by atomic mass is 19.1. The van der Waals surface area contributed by atoms with Gasteiger partial charge < -0.3 is 37.6 Å². The number of carboxylic acid groups (broad SMARTS) is 1. The van der Waals surface area contributed by atoms with Crippen LogP contribution in [0.25, 0.3) is 5.65 Å². The van der Waals surface area contributed by atoms with Crippen molar-refractivity contribution in [1.82, 2.24) is 30.4 Å². The lowest BCUT2D eigenvalue weighted by atomic mass is 10.0. The Morgan fingerprint density at radius 1 is 1.00 bits per heavy atom. The number of rotatable bonds is 10. The molecule has 3 aromatic carbocycles. The monoisotopic (exact) mass is 617 g/mol. The topological polar surface area (TPSA) is 274 Å². The van der Waals surface area contributed by atoms with Crippen LogP contribution in [0.1, 0.15) is 48.5 Å². The first-order chi connectivity index (χ1) is 21.3. The molecule has 0 aliphatic heterocycles. The number of aromatic hydroxyl groups is 1. The molecule has 0 radical (unpaired) electrons. The molecule has 1 atom stereocenters. The number of carbonyl (C=O) groups is 4. The SMILES string of the molecule is NC(=O)[C@H](NC(=O)c1cc(C(=O)NCc2ccc(F)c(Nc3c(N)c(=O)c3=O)c2)nc2c(O)nnn12)c1ccc(C(=O)O)cc1. The predicted octanol–water partition coefficient (Wildman–Crippen LogP) is -0.525. The number of fused-ring (bicyclic) bond motifs is 1. The number of amides is 3. The normalized spacial score (nSPS) is 11.7. The van der Waals surface area contributed by atoms with Gasteiger partial charge in [-0.2, -0.15) is 4.52 Å². The number of halogens is 1. The van der Waals surface area contributed by atoms with Crippen LogP contribution in [0.5, 0.6) is 5.88 Å². The van der Waals surface area contributed by atoms with E-state index in [-0.39, 0.29) is 51.8 Å². The molecule has 0 unspecified atom stereocenters. The van der Waals surface area contributed by atoms with Gasteiger partial charge in [-0.3, -0.25) is 24.0 Å². The number of hydrogen-bond acceptors (Lipinski definition) is 12. The van der Waals surface area contributed by atoms with Crippen LogP contribution in [-0.2, 0) is 11.3 Å². The smallest absolute Gasteiger partial charge is 0.335 e. The molecule has 0 fully saturated rings. The number of benzene rings is 2. The Morgan fingerprint density at radius 3 is 2.36 bits per heavy atom. The highest BCUT2D eigenvalue weighted by Gasteiger charge is 2.26. The number of carbonyl (C=O) groups excluding carboxylic acids is 3. The fourth-order valence-corrected chi connectivity index (χ4v) is 4.20. The van der Waals surface area contributed by atoms with Crippen LogP contribution in [0, 0.1) is 5.82 Å². The van der Waals surface area contributed by atoms with Gasteiger partial charge in [0, 0.05) is 12.6 Å². The highest BCUT2D eigenvalue weighted by molar-refractivity contribution is 6.00. The predicted molar refractivity (Wildman–Crippen MR) is 152 cm³/mol. The van der Waals surface area contributed by atoms with E-state index in [1.54, 1.807) is 0 Å². The standard InChI is InChI=1S/C27H20FN9O8/c28-13-6-1-10(7-14(13)32-19-17(29)20(38)21(19)39)9-31-24(41)15-8-16(37-23(33-15)26(43)35-36-37)25(42)34-18(22(30)40)11-2-4-12(5-3-11)27(44)45/h1-8,18,32,43H,9,29H2,(H2,30,40)(H,31,41)(H,34,42)(H,44,45)/t18-/m1/s1. The van der Waals surface area contributed by atoms with Crippen LogP contribution in [0.15, 0.2) is 58.1 Å². The number of nitrogens with zero attached hydrogens (tertiary/aromatic N) is 4. The van der Waals surface area contributed by atoms with E-state index in [9.17, 15) is 38.3 Å². The lowest BCUT2D eigenvalue weighted by molar-refractivity contribution is -0.120. The maximum absolute atomic E-state index is 14.3. The van der Waals surface area contributed by atoms with Gasteiger partial charge in [-0.25, -0.2) is 14.2 Å². The first-order valence-corrected chi connectivity index (χ1v) is 12.7. The summed E-state index contributed by atoms with van der Waals surface area (Å²) < 4.78 is 15.1. The average molecular weight is 618 g/mol. The van der Waals surface area contributed by atoms with E-state index >= 15 is 0 Å². The number of nitrogens with one attached hydrogen (secondary N) is 3. The fraction of sp³-hybridized carbons (Fsp3) is 0.0741. The molecule has 0 saturated carbocycles. The van der Waals surface area contributed by atoms with E-state index in [4.69, 9.17) is 16.6 Å². The van der Waals surface area contributed by atoms with Gasteiger partial charge in [0.25, 0.3) is 28.6 Å². The zero-order valence-electron chi connectivity index (χ0n) is 22.6. The molecule has 0 aliphatic carbocycles. The molecule has 18 heteroatoms. The first kappa shape index (κ1) is 29.8. The van der Waals surface area contributed by atoms with Crippen molar-refractivity contribution in [3.8, 4) is 5.88 Å². The summed E-state index contributed by atoms with van der Waals surface area (Å²) in [6.07, 6.45) is 0. The molecule has 0 aliphatic rings. The number of aromatic nitrogens is 4. The molecular formula is C27H20FN9O8. The Kier molecular flexibility index (Phi) is 7.62. The molecular weight excluding hydrogens is 597 g/mol. The molecule has 17 nitrogen and oxygen atoms in total. The van der Waals surface area contributed by atoms with Crippen LogP contribution in [0.2, 0.25) is 0 Å². The average Bonchev–Trinajstić information content (AvgIpc) is 3.41. The van der Waals surface area contributed by atoms with Crippen LogP contribution in [0.3, 0.4) is 0 Å². The minimum absolute atomic E-state index is 0.0712. The van der Waals surface area contributed by atoms with E-state index in [1.165, 1.54) is 36.4 Å². The minimum Gasteiger partial charge on any atom is -0.489 e.